The minimum atomic E-state index is -0.298. The average molecular weight is 263 g/mol. The Kier molecular flexibility index (Phi) is 3.38. The van der Waals surface area contributed by atoms with Crippen LogP contribution in [0.25, 0.3) is 0 Å². The Hall–Kier alpha value is -0.0500. The van der Waals surface area contributed by atoms with Crippen molar-refractivity contribution < 1.29 is 0 Å². The molecule has 1 atom stereocenters. The van der Waals surface area contributed by atoms with Gasteiger partial charge in [-0.1, -0.05) is 34.5 Å². The van der Waals surface area contributed by atoms with Gasteiger partial charge in [0, 0.05) is 15.0 Å². The van der Waals surface area contributed by atoms with Crippen molar-refractivity contribution in [3.8, 4) is 0 Å². The van der Waals surface area contributed by atoms with Gasteiger partial charge in [0.05, 0.1) is 0 Å². The van der Waals surface area contributed by atoms with Crippen LogP contribution in [-0.4, -0.2) is 0 Å². The van der Waals surface area contributed by atoms with E-state index < -0.39 is 0 Å². The van der Waals surface area contributed by atoms with Gasteiger partial charge in [0.25, 0.3) is 0 Å². The molecular formula is C10H13BrClN. The van der Waals surface area contributed by atoms with Crippen LogP contribution < -0.4 is 5.73 Å². The molecule has 13 heavy (non-hydrogen) atoms. The summed E-state index contributed by atoms with van der Waals surface area (Å²) in [6.45, 7) is 4.07. The first-order valence-corrected chi connectivity index (χ1v) is 5.38. The first-order valence-electron chi connectivity index (χ1n) is 4.21. The van der Waals surface area contributed by atoms with E-state index in [1.54, 1.807) is 0 Å². The van der Waals surface area contributed by atoms with E-state index in [4.69, 9.17) is 17.3 Å². The van der Waals surface area contributed by atoms with Crippen molar-refractivity contribution in [1.82, 2.24) is 0 Å². The Bertz CT molecular complexity index is 290. The molecule has 1 rings (SSSR count). The Morgan fingerprint density at radius 1 is 1.46 bits per heavy atom. The summed E-state index contributed by atoms with van der Waals surface area (Å²) in [5.41, 5.74) is 6.86. The zero-order valence-electron chi connectivity index (χ0n) is 7.77. The second-order valence-electron chi connectivity index (χ2n) is 3.43. The largest absolute Gasteiger partial charge is 0.322 e. The van der Waals surface area contributed by atoms with E-state index in [1.165, 1.54) is 0 Å². The first kappa shape index (κ1) is 11.0. The van der Waals surface area contributed by atoms with Gasteiger partial charge in [-0.3, -0.25) is 0 Å². The van der Waals surface area contributed by atoms with Crippen LogP contribution in [-0.2, 0) is 5.54 Å². The summed E-state index contributed by atoms with van der Waals surface area (Å²) in [4.78, 5) is 0. The van der Waals surface area contributed by atoms with Crippen molar-refractivity contribution in [3.63, 3.8) is 0 Å². The second kappa shape index (κ2) is 3.99. The molecule has 0 heterocycles. The number of rotatable bonds is 2. The zero-order chi connectivity index (χ0) is 10.1. The van der Waals surface area contributed by atoms with Crippen molar-refractivity contribution in [2.45, 2.75) is 25.8 Å². The Morgan fingerprint density at radius 2 is 2.08 bits per heavy atom. The van der Waals surface area contributed by atoms with Crippen molar-refractivity contribution in [1.29, 1.82) is 0 Å². The van der Waals surface area contributed by atoms with Crippen LogP contribution in [0.1, 0.15) is 25.8 Å². The number of nitrogens with two attached hydrogens (primary N) is 1. The normalized spacial score (nSPS) is 15.5. The molecule has 2 N–H and O–H groups in total. The highest BCUT2D eigenvalue weighted by molar-refractivity contribution is 9.10. The van der Waals surface area contributed by atoms with E-state index in [0.29, 0.717) is 0 Å². The average Bonchev–Trinajstić information content (AvgIpc) is 2.02. The third-order valence-electron chi connectivity index (χ3n) is 2.26. The maximum atomic E-state index is 6.10. The maximum Gasteiger partial charge on any atom is 0.0420 e. The number of halogens is 2. The molecule has 72 valence electrons. The molecule has 0 fully saturated rings. The van der Waals surface area contributed by atoms with Crippen molar-refractivity contribution in [2.24, 2.45) is 5.73 Å². The molecule has 0 aliphatic heterocycles. The van der Waals surface area contributed by atoms with Gasteiger partial charge < -0.3 is 5.73 Å². The van der Waals surface area contributed by atoms with E-state index in [0.717, 1.165) is 21.5 Å². The fourth-order valence-corrected chi connectivity index (χ4v) is 1.95. The van der Waals surface area contributed by atoms with Gasteiger partial charge in [-0.25, -0.2) is 0 Å². The molecule has 0 bridgehead atoms. The summed E-state index contributed by atoms with van der Waals surface area (Å²) < 4.78 is 0.972. The summed E-state index contributed by atoms with van der Waals surface area (Å²) in [6, 6.07) is 5.78. The van der Waals surface area contributed by atoms with Crippen molar-refractivity contribution in [2.75, 3.05) is 0 Å². The summed E-state index contributed by atoms with van der Waals surface area (Å²) in [6.07, 6.45) is 0.889. The predicted octanol–water partition coefficient (Wildman–Crippen LogP) is 3.69. The minimum Gasteiger partial charge on any atom is -0.322 e. The fourth-order valence-electron chi connectivity index (χ4n) is 1.09. The van der Waals surface area contributed by atoms with Gasteiger partial charge in [0.1, 0.15) is 0 Å². The third kappa shape index (κ3) is 2.70. The second-order valence-corrected chi connectivity index (χ2v) is 4.78. The smallest absolute Gasteiger partial charge is 0.0420 e. The fraction of sp³-hybridized carbons (Fsp3) is 0.400. The molecule has 1 nitrogen and oxygen atoms in total. The molecule has 0 saturated heterocycles. The van der Waals surface area contributed by atoms with Crippen molar-refractivity contribution in [3.05, 3.63) is 33.3 Å². The summed E-state index contributed by atoms with van der Waals surface area (Å²) >= 11 is 9.32. The Balaban J connectivity index is 3.15. The highest BCUT2D eigenvalue weighted by Gasteiger charge is 2.19. The molecule has 0 aliphatic carbocycles. The molecule has 0 aliphatic rings. The molecule has 1 aromatic carbocycles. The van der Waals surface area contributed by atoms with Crippen LogP contribution in [0.5, 0.6) is 0 Å². The monoisotopic (exact) mass is 261 g/mol. The summed E-state index contributed by atoms with van der Waals surface area (Å²) in [7, 11) is 0. The van der Waals surface area contributed by atoms with Gasteiger partial charge in [-0.05, 0) is 37.1 Å². The minimum absolute atomic E-state index is 0.298. The van der Waals surface area contributed by atoms with Gasteiger partial charge in [-0.2, -0.15) is 0 Å². The molecule has 0 unspecified atom stereocenters. The quantitative estimate of drug-likeness (QED) is 0.864. The van der Waals surface area contributed by atoms with E-state index in [1.807, 2.05) is 25.1 Å². The molecule has 0 saturated carbocycles. The maximum absolute atomic E-state index is 6.10. The van der Waals surface area contributed by atoms with Gasteiger partial charge in [-0.15, -0.1) is 0 Å². The van der Waals surface area contributed by atoms with Crippen LogP contribution in [0.15, 0.2) is 22.7 Å². The molecule has 3 heteroatoms. The first-order chi connectivity index (χ1) is 5.95. The van der Waals surface area contributed by atoms with E-state index in [-0.39, 0.29) is 5.54 Å². The number of hydrogen-bond acceptors (Lipinski definition) is 1. The van der Waals surface area contributed by atoms with E-state index >= 15 is 0 Å². The third-order valence-corrected chi connectivity index (χ3v) is 2.93. The van der Waals surface area contributed by atoms with Gasteiger partial charge in [0.2, 0.25) is 0 Å². The van der Waals surface area contributed by atoms with Crippen LogP contribution in [0.3, 0.4) is 0 Å². The lowest BCUT2D eigenvalue weighted by Gasteiger charge is -2.23. The molecule has 0 amide bonds. The van der Waals surface area contributed by atoms with Gasteiger partial charge in [0.15, 0.2) is 0 Å². The lowest BCUT2D eigenvalue weighted by Crippen LogP contribution is -2.31. The van der Waals surface area contributed by atoms with Crippen LogP contribution in [0, 0.1) is 0 Å². The zero-order valence-corrected chi connectivity index (χ0v) is 10.1. The number of hydrogen-bond donors (Lipinski definition) is 1. The van der Waals surface area contributed by atoms with E-state index in [2.05, 4.69) is 22.9 Å². The predicted molar refractivity (Wildman–Crippen MR) is 61.0 cm³/mol. The lowest BCUT2D eigenvalue weighted by molar-refractivity contribution is 0.476. The highest BCUT2D eigenvalue weighted by Crippen LogP contribution is 2.27. The van der Waals surface area contributed by atoms with Crippen LogP contribution in [0.4, 0.5) is 0 Å². The molecule has 0 radical (unpaired) electrons. The van der Waals surface area contributed by atoms with E-state index in [9.17, 15) is 0 Å². The molecule has 0 spiro atoms. The standard InChI is InChI=1S/C10H13BrClN/c1-3-10(2,13)7-4-8(11)6-9(12)5-7/h4-6H,3,13H2,1-2H3/t10-/m1/s1. The number of benzene rings is 1. The SMILES string of the molecule is CC[C@@](C)(N)c1cc(Cl)cc(Br)c1. The van der Waals surface area contributed by atoms with Crippen LogP contribution >= 0.6 is 27.5 Å². The molecule has 1 aromatic rings. The Labute approximate surface area is 92.4 Å². The Morgan fingerprint density at radius 3 is 2.54 bits per heavy atom. The molecular weight excluding hydrogens is 249 g/mol. The van der Waals surface area contributed by atoms with Gasteiger partial charge >= 0.3 is 0 Å². The highest BCUT2D eigenvalue weighted by atomic mass is 79.9. The molecule has 0 aromatic heterocycles. The van der Waals surface area contributed by atoms with Crippen LogP contribution in [0.2, 0.25) is 5.02 Å². The lowest BCUT2D eigenvalue weighted by atomic mass is 9.91. The summed E-state index contributed by atoms with van der Waals surface area (Å²) in [5, 5.41) is 0.717. The summed E-state index contributed by atoms with van der Waals surface area (Å²) in [5.74, 6) is 0. The van der Waals surface area contributed by atoms with Crippen molar-refractivity contribution >= 4 is 27.5 Å². The topological polar surface area (TPSA) is 26.0 Å².